The first-order valence-electron chi connectivity index (χ1n) is 8.81. The lowest BCUT2D eigenvalue weighted by Gasteiger charge is -2.07. The number of hydrazone groups is 1. The summed E-state index contributed by atoms with van der Waals surface area (Å²) in [5.74, 6) is 0.340. The minimum Gasteiger partial charge on any atom is -0.493 e. The van der Waals surface area contributed by atoms with Crippen LogP contribution in [0.4, 0.5) is 5.69 Å². The molecule has 0 fully saturated rings. The molecule has 0 unspecified atom stereocenters. The standard InChI is InChI=1S/C20H19N3O4S/c1-2-3-10-27-17-7-5-4-6-14(17)13-21-22-20(24)19-12-15-11-16(23(25)26)8-9-18(15)28-19/h4-9,11-13H,2-3,10H2,1H3,(H,22,24). The fourth-order valence-corrected chi connectivity index (χ4v) is 3.45. The molecule has 0 aliphatic carbocycles. The number of fused-ring (bicyclic) bond motifs is 1. The molecule has 0 atom stereocenters. The summed E-state index contributed by atoms with van der Waals surface area (Å²) in [6, 6.07) is 13.6. The van der Waals surface area contributed by atoms with E-state index in [2.05, 4.69) is 17.5 Å². The Morgan fingerprint density at radius 2 is 2.11 bits per heavy atom. The lowest BCUT2D eigenvalue weighted by Crippen LogP contribution is -2.16. The van der Waals surface area contributed by atoms with E-state index in [1.807, 2.05) is 24.3 Å². The number of nitrogens with zero attached hydrogens (tertiary/aromatic N) is 2. The molecule has 0 saturated heterocycles. The SMILES string of the molecule is CCCCOc1ccccc1C=NNC(=O)c1cc2cc([N+](=O)[O-])ccc2s1. The van der Waals surface area contributed by atoms with Crippen LogP contribution in [-0.2, 0) is 0 Å². The quantitative estimate of drug-likeness (QED) is 0.257. The van der Waals surface area contributed by atoms with Gasteiger partial charge in [0.05, 0.1) is 22.6 Å². The zero-order valence-corrected chi connectivity index (χ0v) is 16.1. The molecule has 1 N–H and O–H groups in total. The first kappa shape index (κ1) is 19.5. The highest BCUT2D eigenvalue weighted by molar-refractivity contribution is 7.20. The number of para-hydroxylation sites is 1. The number of nitro groups is 1. The second kappa shape index (κ2) is 9.09. The highest BCUT2D eigenvalue weighted by Crippen LogP contribution is 2.28. The van der Waals surface area contributed by atoms with Crippen LogP contribution < -0.4 is 10.2 Å². The van der Waals surface area contributed by atoms with Gasteiger partial charge >= 0.3 is 0 Å². The number of hydrogen-bond donors (Lipinski definition) is 1. The third-order valence-electron chi connectivity index (χ3n) is 3.98. The van der Waals surface area contributed by atoms with Crippen molar-refractivity contribution in [3.05, 3.63) is 69.1 Å². The van der Waals surface area contributed by atoms with Gasteiger partial charge in [-0.2, -0.15) is 5.10 Å². The smallest absolute Gasteiger partial charge is 0.281 e. The van der Waals surface area contributed by atoms with Gasteiger partial charge in [0.2, 0.25) is 0 Å². The summed E-state index contributed by atoms with van der Waals surface area (Å²) in [6.07, 6.45) is 3.55. The number of hydrogen-bond acceptors (Lipinski definition) is 6. The lowest BCUT2D eigenvalue weighted by atomic mass is 10.2. The van der Waals surface area contributed by atoms with Crippen LogP contribution in [-0.4, -0.2) is 23.7 Å². The van der Waals surface area contributed by atoms with Crippen LogP contribution in [0.15, 0.2) is 53.6 Å². The molecule has 0 aliphatic rings. The Labute approximate surface area is 165 Å². The van der Waals surface area contributed by atoms with Crippen molar-refractivity contribution >= 4 is 39.2 Å². The number of carbonyl (C=O) groups excluding carboxylic acids is 1. The Morgan fingerprint density at radius 3 is 2.89 bits per heavy atom. The highest BCUT2D eigenvalue weighted by Gasteiger charge is 2.13. The predicted octanol–water partition coefficient (Wildman–Crippen LogP) is 4.75. The molecule has 3 aromatic rings. The van der Waals surface area contributed by atoms with E-state index in [1.165, 1.54) is 29.7 Å². The maximum atomic E-state index is 12.3. The molecule has 0 saturated carbocycles. The lowest BCUT2D eigenvalue weighted by molar-refractivity contribution is -0.384. The fraction of sp³-hybridized carbons (Fsp3) is 0.200. The van der Waals surface area contributed by atoms with Crippen LogP contribution in [0, 0.1) is 10.1 Å². The summed E-state index contributed by atoms with van der Waals surface area (Å²) < 4.78 is 6.53. The van der Waals surface area contributed by atoms with Gasteiger partial charge in [-0.25, -0.2) is 5.43 Å². The maximum absolute atomic E-state index is 12.3. The minimum atomic E-state index is -0.457. The first-order chi connectivity index (χ1) is 13.6. The molecule has 0 aliphatic heterocycles. The Hall–Kier alpha value is -3.26. The molecule has 1 amide bonds. The van der Waals surface area contributed by atoms with E-state index >= 15 is 0 Å². The number of unbranched alkanes of at least 4 members (excludes halogenated alkanes) is 1. The van der Waals surface area contributed by atoms with Gasteiger partial charge in [-0.15, -0.1) is 11.3 Å². The number of ether oxygens (including phenoxy) is 1. The molecule has 28 heavy (non-hydrogen) atoms. The van der Waals surface area contributed by atoms with E-state index in [9.17, 15) is 14.9 Å². The Morgan fingerprint density at radius 1 is 1.29 bits per heavy atom. The second-order valence-corrected chi connectivity index (χ2v) is 7.11. The van der Waals surface area contributed by atoms with Crippen molar-refractivity contribution in [2.45, 2.75) is 19.8 Å². The third-order valence-corrected chi connectivity index (χ3v) is 5.09. The number of thiophene rings is 1. The van der Waals surface area contributed by atoms with Gasteiger partial charge in [0.25, 0.3) is 11.6 Å². The number of nitrogens with one attached hydrogen (secondary N) is 1. The van der Waals surface area contributed by atoms with Crippen LogP contribution in [0.25, 0.3) is 10.1 Å². The summed E-state index contributed by atoms with van der Waals surface area (Å²) in [7, 11) is 0. The third kappa shape index (κ3) is 4.72. The molecule has 1 heterocycles. The average molecular weight is 397 g/mol. The molecule has 0 spiro atoms. The number of amides is 1. The van der Waals surface area contributed by atoms with Crippen molar-refractivity contribution in [3.63, 3.8) is 0 Å². The molecule has 0 radical (unpaired) electrons. The van der Waals surface area contributed by atoms with Crippen LogP contribution in [0.3, 0.4) is 0 Å². The molecule has 3 rings (SSSR count). The van der Waals surface area contributed by atoms with Crippen molar-refractivity contribution in [1.82, 2.24) is 5.43 Å². The van der Waals surface area contributed by atoms with E-state index in [0.717, 1.165) is 23.1 Å². The Kier molecular flexibility index (Phi) is 6.33. The molecule has 2 aromatic carbocycles. The monoisotopic (exact) mass is 397 g/mol. The zero-order chi connectivity index (χ0) is 19.9. The van der Waals surface area contributed by atoms with Gasteiger partial charge in [-0.05, 0) is 30.7 Å². The van der Waals surface area contributed by atoms with Crippen molar-refractivity contribution < 1.29 is 14.5 Å². The van der Waals surface area contributed by atoms with E-state index in [1.54, 1.807) is 12.1 Å². The maximum Gasteiger partial charge on any atom is 0.281 e. The molecule has 1 aromatic heterocycles. The van der Waals surface area contributed by atoms with Crippen LogP contribution >= 0.6 is 11.3 Å². The summed E-state index contributed by atoms with van der Waals surface area (Å²) in [6.45, 7) is 2.72. The van der Waals surface area contributed by atoms with Crippen molar-refractivity contribution in [1.29, 1.82) is 0 Å². The van der Waals surface area contributed by atoms with Gasteiger partial charge in [-0.3, -0.25) is 14.9 Å². The molecular formula is C20H19N3O4S. The number of rotatable bonds is 8. The topological polar surface area (TPSA) is 93.8 Å². The van der Waals surface area contributed by atoms with E-state index < -0.39 is 4.92 Å². The van der Waals surface area contributed by atoms with Gasteiger partial charge in [0, 0.05) is 27.8 Å². The number of carbonyl (C=O) groups is 1. The zero-order valence-electron chi connectivity index (χ0n) is 15.3. The summed E-state index contributed by atoms with van der Waals surface area (Å²) >= 11 is 1.26. The number of non-ortho nitro benzene ring substituents is 1. The Balaban J connectivity index is 1.69. The van der Waals surface area contributed by atoms with E-state index in [0.29, 0.717) is 22.6 Å². The molecule has 7 nitrogen and oxygen atoms in total. The van der Waals surface area contributed by atoms with Crippen molar-refractivity contribution in [2.75, 3.05) is 6.61 Å². The normalized spacial score (nSPS) is 11.0. The second-order valence-electron chi connectivity index (χ2n) is 6.03. The van der Waals surface area contributed by atoms with Crippen molar-refractivity contribution in [2.24, 2.45) is 5.10 Å². The highest BCUT2D eigenvalue weighted by atomic mass is 32.1. The number of nitro benzene ring substituents is 1. The van der Waals surface area contributed by atoms with Crippen LogP contribution in [0.2, 0.25) is 0 Å². The van der Waals surface area contributed by atoms with Gasteiger partial charge in [0.1, 0.15) is 5.75 Å². The van der Waals surface area contributed by atoms with Gasteiger partial charge in [-0.1, -0.05) is 25.5 Å². The van der Waals surface area contributed by atoms with Gasteiger partial charge in [0.15, 0.2) is 0 Å². The van der Waals surface area contributed by atoms with Crippen molar-refractivity contribution in [3.8, 4) is 5.75 Å². The molecule has 144 valence electrons. The average Bonchev–Trinajstić information content (AvgIpc) is 3.12. The molecule has 0 bridgehead atoms. The molecular weight excluding hydrogens is 378 g/mol. The van der Waals surface area contributed by atoms with Gasteiger partial charge < -0.3 is 4.74 Å². The predicted molar refractivity (Wildman–Crippen MR) is 110 cm³/mol. The van der Waals surface area contributed by atoms with E-state index in [4.69, 9.17) is 4.74 Å². The fourth-order valence-electron chi connectivity index (χ4n) is 2.52. The largest absolute Gasteiger partial charge is 0.493 e. The summed E-state index contributed by atoms with van der Waals surface area (Å²) in [5, 5.41) is 15.5. The number of benzene rings is 2. The van der Waals surface area contributed by atoms with Crippen LogP contribution in [0.1, 0.15) is 35.0 Å². The minimum absolute atomic E-state index is 0.00467. The van der Waals surface area contributed by atoms with E-state index in [-0.39, 0.29) is 11.6 Å². The summed E-state index contributed by atoms with van der Waals surface area (Å²) in [5.41, 5.74) is 3.26. The molecule has 8 heteroatoms. The first-order valence-corrected chi connectivity index (χ1v) is 9.63. The summed E-state index contributed by atoms with van der Waals surface area (Å²) in [4.78, 5) is 23.2. The Bertz CT molecular complexity index is 1030. The van der Waals surface area contributed by atoms with Crippen LogP contribution in [0.5, 0.6) is 5.75 Å².